The number of aromatic nitrogens is 3. The van der Waals surface area contributed by atoms with Crippen molar-refractivity contribution in [2.75, 3.05) is 25.0 Å². The first-order valence-electron chi connectivity index (χ1n) is 7.75. The first kappa shape index (κ1) is 16.6. The summed E-state index contributed by atoms with van der Waals surface area (Å²) in [6.07, 6.45) is 3.84. The predicted octanol–water partition coefficient (Wildman–Crippen LogP) is 1.69. The Labute approximate surface area is 142 Å². The summed E-state index contributed by atoms with van der Waals surface area (Å²) in [4.78, 5) is 29.6. The van der Waals surface area contributed by atoms with Gasteiger partial charge in [0.1, 0.15) is 4.88 Å². The van der Waals surface area contributed by atoms with E-state index in [2.05, 4.69) is 25.4 Å². The summed E-state index contributed by atoms with van der Waals surface area (Å²) in [6.45, 7) is 3.56. The van der Waals surface area contributed by atoms with E-state index in [0.717, 1.165) is 43.0 Å². The number of H-pyrrole nitrogens is 1. The largest absolute Gasteiger partial charge is 0.477 e. The second-order valence-corrected chi connectivity index (χ2v) is 6.87. The number of aryl methyl sites for hydroxylation is 1. The lowest BCUT2D eigenvalue weighted by molar-refractivity contribution is -0.117. The van der Waals surface area contributed by atoms with Crippen molar-refractivity contribution < 1.29 is 14.7 Å². The third-order valence-corrected chi connectivity index (χ3v) is 5.13. The van der Waals surface area contributed by atoms with Gasteiger partial charge in [-0.25, -0.2) is 9.78 Å². The molecule has 9 heteroatoms. The number of anilines is 1. The molecule has 24 heavy (non-hydrogen) atoms. The lowest BCUT2D eigenvalue weighted by atomic mass is 9.95. The topological polar surface area (TPSA) is 111 Å². The van der Waals surface area contributed by atoms with Gasteiger partial charge in [0.05, 0.1) is 12.2 Å². The summed E-state index contributed by atoms with van der Waals surface area (Å²) in [5, 5.41) is 19.0. The molecule has 0 spiro atoms. The number of nitrogens with zero attached hydrogens (tertiary/aromatic N) is 3. The van der Waals surface area contributed by atoms with Crippen molar-refractivity contribution >= 4 is 28.3 Å². The predicted molar refractivity (Wildman–Crippen MR) is 89.4 cm³/mol. The van der Waals surface area contributed by atoms with Crippen molar-refractivity contribution in [2.45, 2.75) is 25.7 Å². The number of aromatic carboxylic acids is 1. The maximum absolute atomic E-state index is 12.2. The SMILES string of the molecule is Cc1nc(NC(=O)CN2CCC[C@@H](c3ccn[nH]3)C2)sc1C(=O)O. The van der Waals surface area contributed by atoms with Gasteiger partial charge in [-0.2, -0.15) is 5.10 Å². The molecule has 0 aromatic carbocycles. The number of piperidine rings is 1. The molecule has 3 heterocycles. The zero-order valence-electron chi connectivity index (χ0n) is 13.3. The standard InChI is InChI=1S/C15H19N5O3S/c1-9-13(14(22)23)24-15(17-9)18-12(21)8-20-6-2-3-10(7-20)11-4-5-16-19-11/h4-5,10H,2-3,6-8H2,1H3,(H,16,19)(H,22,23)(H,17,18,21)/t10-/m1/s1. The number of amides is 1. The van der Waals surface area contributed by atoms with Gasteiger partial charge < -0.3 is 10.4 Å². The van der Waals surface area contributed by atoms with Crippen LogP contribution in [0.15, 0.2) is 12.3 Å². The Kier molecular flexibility index (Phi) is 4.91. The van der Waals surface area contributed by atoms with E-state index in [4.69, 9.17) is 5.11 Å². The van der Waals surface area contributed by atoms with Crippen molar-refractivity contribution in [1.29, 1.82) is 0 Å². The number of aromatic amines is 1. The smallest absolute Gasteiger partial charge is 0.347 e. The molecule has 3 rings (SSSR count). The highest BCUT2D eigenvalue weighted by Crippen LogP contribution is 2.25. The van der Waals surface area contributed by atoms with Gasteiger partial charge in [-0.3, -0.25) is 14.8 Å². The van der Waals surface area contributed by atoms with E-state index in [-0.39, 0.29) is 17.3 Å². The van der Waals surface area contributed by atoms with Gasteiger partial charge in [0.15, 0.2) is 5.13 Å². The van der Waals surface area contributed by atoms with Crippen LogP contribution in [0.1, 0.15) is 39.8 Å². The van der Waals surface area contributed by atoms with Gasteiger partial charge in [-0.1, -0.05) is 11.3 Å². The van der Waals surface area contributed by atoms with Crippen molar-refractivity contribution in [2.24, 2.45) is 0 Å². The van der Waals surface area contributed by atoms with Crippen molar-refractivity contribution in [3.05, 3.63) is 28.5 Å². The molecule has 1 aliphatic heterocycles. The number of hydrogen-bond donors (Lipinski definition) is 3. The molecule has 1 saturated heterocycles. The maximum Gasteiger partial charge on any atom is 0.347 e. The maximum atomic E-state index is 12.2. The Morgan fingerprint density at radius 2 is 2.38 bits per heavy atom. The molecule has 1 aliphatic rings. The average molecular weight is 349 g/mol. The Bertz CT molecular complexity index is 728. The van der Waals surface area contributed by atoms with Gasteiger partial charge in [-0.05, 0) is 32.4 Å². The molecule has 3 N–H and O–H groups in total. The highest BCUT2D eigenvalue weighted by Gasteiger charge is 2.24. The number of nitrogens with one attached hydrogen (secondary N) is 2. The van der Waals surface area contributed by atoms with Crippen LogP contribution in [-0.2, 0) is 4.79 Å². The van der Waals surface area contributed by atoms with E-state index in [1.54, 1.807) is 13.1 Å². The highest BCUT2D eigenvalue weighted by atomic mass is 32.1. The molecular formula is C15H19N5O3S. The first-order chi connectivity index (χ1) is 11.5. The zero-order valence-corrected chi connectivity index (χ0v) is 14.1. The number of rotatable bonds is 5. The summed E-state index contributed by atoms with van der Waals surface area (Å²) in [6, 6.07) is 1.97. The van der Waals surface area contributed by atoms with Crippen molar-refractivity contribution in [1.82, 2.24) is 20.1 Å². The van der Waals surface area contributed by atoms with Gasteiger partial charge in [-0.15, -0.1) is 0 Å². The minimum atomic E-state index is -1.02. The third kappa shape index (κ3) is 3.80. The molecule has 2 aromatic rings. The number of carboxylic acids is 1. The molecular weight excluding hydrogens is 330 g/mol. The van der Waals surface area contributed by atoms with E-state index in [9.17, 15) is 9.59 Å². The Hall–Kier alpha value is -2.26. The summed E-state index contributed by atoms with van der Waals surface area (Å²) in [5.74, 6) is -0.843. The number of carbonyl (C=O) groups excluding carboxylic acids is 1. The molecule has 0 radical (unpaired) electrons. The molecule has 1 atom stereocenters. The molecule has 0 unspecified atom stereocenters. The summed E-state index contributed by atoms with van der Waals surface area (Å²) in [7, 11) is 0. The number of carboxylic acid groups (broad SMARTS) is 1. The van der Waals surface area contributed by atoms with Crippen LogP contribution in [-0.4, -0.2) is 56.7 Å². The molecule has 8 nitrogen and oxygen atoms in total. The average Bonchev–Trinajstić information content (AvgIpc) is 3.17. The van der Waals surface area contributed by atoms with Crippen LogP contribution in [0.5, 0.6) is 0 Å². The van der Waals surface area contributed by atoms with E-state index in [1.807, 2.05) is 6.07 Å². The van der Waals surface area contributed by atoms with Crippen LogP contribution < -0.4 is 5.32 Å². The molecule has 1 fully saturated rings. The van der Waals surface area contributed by atoms with Gasteiger partial charge in [0.25, 0.3) is 0 Å². The number of likely N-dealkylation sites (tertiary alicyclic amines) is 1. The minimum absolute atomic E-state index is 0.155. The minimum Gasteiger partial charge on any atom is -0.477 e. The Balaban J connectivity index is 1.56. The summed E-state index contributed by atoms with van der Waals surface area (Å²) >= 11 is 0.982. The van der Waals surface area contributed by atoms with E-state index < -0.39 is 5.97 Å². The fraction of sp³-hybridized carbons (Fsp3) is 0.467. The van der Waals surface area contributed by atoms with Crippen LogP contribution in [0.3, 0.4) is 0 Å². The Morgan fingerprint density at radius 3 is 3.04 bits per heavy atom. The fourth-order valence-electron chi connectivity index (χ4n) is 2.96. The summed E-state index contributed by atoms with van der Waals surface area (Å²) < 4.78 is 0. The molecule has 2 aromatic heterocycles. The highest BCUT2D eigenvalue weighted by molar-refractivity contribution is 7.17. The Morgan fingerprint density at radius 1 is 1.54 bits per heavy atom. The lowest BCUT2D eigenvalue weighted by Gasteiger charge is -2.31. The second kappa shape index (κ2) is 7.10. The van der Waals surface area contributed by atoms with Gasteiger partial charge in [0.2, 0.25) is 5.91 Å². The number of carbonyl (C=O) groups is 2. The number of thiazole rings is 1. The second-order valence-electron chi connectivity index (χ2n) is 5.87. The van der Waals surface area contributed by atoms with Crippen LogP contribution >= 0.6 is 11.3 Å². The quantitative estimate of drug-likeness (QED) is 0.757. The third-order valence-electron chi connectivity index (χ3n) is 4.07. The van der Waals surface area contributed by atoms with Crippen LogP contribution in [0, 0.1) is 6.92 Å². The van der Waals surface area contributed by atoms with Crippen molar-refractivity contribution in [3.63, 3.8) is 0 Å². The van der Waals surface area contributed by atoms with E-state index >= 15 is 0 Å². The van der Waals surface area contributed by atoms with E-state index in [1.165, 1.54) is 0 Å². The first-order valence-corrected chi connectivity index (χ1v) is 8.57. The van der Waals surface area contributed by atoms with Crippen LogP contribution in [0.4, 0.5) is 5.13 Å². The fourth-order valence-corrected chi connectivity index (χ4v) is 3.78. The molecule has 0 bridgehead atoms. The lowest BCUT2D eigenvalue weighted by Crippen LogP contribution is -2.39. The summed E-state index contributed by atoms with van der Waals surface area (Å²) in [5.41, 5.74) is 1.52. The van der Waals surface area contributed by atoms with Gasteiger partial charge >= 0.3 is 5.97 Å². The van der Waals surface area contributed by atoms with Gasteiger partial charge in [0, 0.05) is 24.4 Å². The normalized spacial score (nSPS) is 18.5. The van der Waals surface area contributed by atoms with Crippen LogP contribution in [0.2, 0.25) is 0 Å². The molecule has 128 valence electrons. The van der Waals surface area contributed by atoms with Crippen molar-refractivity contribution in [3.8, 4) is 0 Å². The monoisotopic (exact) mass is 349 g/mol. The molecule has 1 amide bonds. The van der Waals surface area contributed by atoms with E-state index in [0.29, 0.717) is 16.7 Å². The van der Waals surface area contributed by atoms with Crippen LogP contribution in [0.25, 0.3) is 0 Å². The molecule has 0 aliphatic carbocycles. The number of hydrogen-bond acceptors (Lipinski definition) is 6. The zero-order chi connectivity index (χ0) is 17.1. The molecule has 0 saturated carbocycles.